The second-order valence-corrected chi connectivity index (χ2v) is 11.1. The zero-order valence-electron chi connectivity index (χ0n) is 19.1. The maximum absolute atomic E-state index is 13.5. The highest BCUT2D eigenvalue weighted by Gasteiger charge is 2.53. The summed E-state index contributed by atoms with van der Waals surface area (Å²) in [4.78, 5) is 34.2. The molecule has 13 heteroatoms. The maximum atomic E-state index is 13.5. The molecule has 2 amide bonds. The van der Waals surface area contributed by atoms with Crippen LogP contribution < -0.4 is 16.4 Å². The van der Waals surface area contributed by atoms with Gasteiger partial charge < -0.3 is 15.8 Å². The van der Waals surface area contributed by atoms with E-state index in [1.54, 1.807) is 11.5 Å². The number of aromatic nitrogens is 2. The number of alkyl halides is 3. The molecular formula is C21H28F3N5O3S2. The molecule has 2 heterocycles. The number of alkyl carbamates (subject to hydrolysis) is 1. The van der Waals surface area contributed by atoms with Crippen molar-refractivity contribution in [3.63, 3.8) is 0 Å². The first-order chi connectivity index (χ1) is 15.8. The van der Waals surface area contributed by atoms with Gasteiger partial charge in [0.15, 0.2) is 15.7 Å². The van der Waals surface area contributed by atoms with E-state index in [1.807, 2.05) is 5.38 Å². The number of amides is 2. The molecule has 1 atom stereocenters. The average molecular weight is 520 g/mol. The zero-order valence-corrected chi connectivity index (χ0v) is 20.8. The minimum absolute atomic E-state index is 0.0169. The van der Waals surface area contributed by atoms with Crippen LogP contribution in [0.5, 0.6) is 0 Å². The number of carbonyl (C=O) groups excluding carboxylic acids is 2. The Labute approximate surface area is 203 Å². The van der Waals surface area contributed by atoms with Crippen LogP contribution >= 0.6 is 22.7 Å². The number of carbonyl (C=O) groups is 2. The van der Waals surface area contributed by atoms with Crippen molar-refractivity contribution in [1.29, 1.82) is 0 Å². The highest BCUT2D eigenvalue weighted by atomic mass is 32.1. The molecule has 1 saturated carbocycles. The fraction of sp³-hybridized carbons (Fsp3) is 0.619. The normalized spacial score (nSPS) is 16.1. The number of nitrogens with two attached hydrogens (primary N) is 1. The second-order valence-electron chi connectivity index (χ2n) is 9.15. The molecular weight excluding hydrogens is 491 g/mol. The van der Waals surface area contributed by atoms with E-state index in [4.69, 9.17) is 10.5 Å². The van der Waals surface area contributed by atoms with Gasteiger partial charge in [0.05, 0.1) is 0 Å². The number of hydrogen-bond acceptors (Lipinski definition) is 8. The Hall–Kier alpha value is -2.25. The molecule has 0 unspecified atom stereocenters. The van der Waals surface area contributed by atoms with Crippen LogP contribution in [-0.2, 0) is 4.74 Å². The summed E-state index contributed by atoms with van der Waals surface area (Å²) in [5.74, 6) is -0.0433. The third kappa shape index (κ3) is 6.89. The van der Waals surface area contributed by atoms with Crippen LogP contribution in [0.25, 0.3) is 10.0 Å². The first-order valence-electron chi connectivity index (χ1n) is 10.8. The van der Waals surface area contributed by atoms with E-state index in [0.717, 1.165) is 22.7 Å². The van der Waals surface area contributed by atoms with Crippen molar-refractivity contribution < 1.29 is 27.5 Å². The number of nitrogens with zero attached hydrogens (tertiary/aromatic N) is 2. The average Bonchev–Trinajstić information content (AvgIpc) is 3.22. The van der Waals surface area contributed by atoms with Gasteiger partial charge in [0, 0.05) is 23.0 Å². The fourth-order valence-corrected chi connectivity index (χ4v) is 5.02. The fourth-order valence-electron chi connectivity index (χ4n) is 3.11. The molecule has 0 spiro atoms. The van der Waals surface area contributed by atoms with Crippen molar-refractivity contribution in [2.75, 3.05) is 6.54 Å². The van der Waals surface area contributed by atoms with E-state index in [9.17, 15) is 22.8 Å². The summed E-state index contributed by atoms with van der Waals surface area (Å²) >= 11 is 2.90. The molecule has 1 aliphatic carbocycles. The van der Waals surface area contributed by atoms with Crippen LogP contribution in [0.2, 0.25) is 0 Å². The monoisotopic (exact) mass is 519 g/mol. The molecule has 0 radical (unpaired) electrons. The molecule has 4 N–H and O–H groups in total. The molecule has 0 aromatic carbocycles. The van der Waals surface area contributed by atoms with Crippen LogP contribution in [-0.4, -0.2) is 46.0 Å². The second kappa shape index (κ2) is 10.2. The third-order valence-corrected chi connectivity index (χ3v) is 7.08. The molecule has 0 saturated heterocycles. The van der Waals surface area contributed by atoms with Gasteiger partial charge in [-0.2, -0.15) is 13.2 Å². The predicted molar refractivity (Wildman–Crippen MR) is 124 cm³/mol. The Kier molecular flexibility index (Phi) is 7.88. The van der Waals surface area contributed by atoms with Crippen molar-refractivity contribution in [2.24, 2.45) is 5.73 Å². The van der Waals surface area contributed by atoms with E-state index >= 15 is 0 Å². The minimum Gasteiger partial charge on any atom is -0.444 e. The van der Waals surface area contributed by atoms with Gasteiger partial charge in [0.25, 0.3) is 5.91 Å². The smallest absolute Gasteiger partial charge is 0.425 e. The van der Waals surface area contributed by atoms with Gasteiger partial charge in [-0.25, -0.2) is 14.8 Å². The van der Waals surface area contributed by atoms with Crippen LogP contribution in [0.4, 0.5) is 18.0 Å². The molecule has 3 rings (SSSR count). The first kappa shape index (κ1) is 26.4. The van der Waals surface area contributed by atoms with E-state index in [0.29, 0.717) is 16.6 Å². The molecule has 0 bridgehead atoms. The van der Waals surface area contributed by atoms with Crippen molar-refractivity contribution in [3.05, 3.63) is 22.1 Å². The van der Waals surface area contributed by atoms with Gasteiger partial charge in [0.1, 0.15) is 11.3 Å². The van der Waals surface area contributed by atoms with E-state index in [-0.39, 0.29) is 25.3 Å². The van der Waals surface area contributed by atoms with E-state index in [1.165, 1.54) is 43.4 Å². The maximum Gasteiger partial charge on any atom is 0.425 e. The Morgan fingerprint density at radius 3 is 2.47 bits per heavy atom. The van der Waals surface area contributed by atoms with Gasteiger partial charge in [-0.15, -0.1) is 22.7 Å². The molecule has 1 fully saturated rings. The molecule has 188 valence electrons. The topological polar surface area (TPSA) is 119 Å². The minimum atomic E-state index is -4.88. The van der Waals surface area contributed by atoms with Crippen molar-refractivity contribution in [1.82, 2.24) is 20.6 Å². The first-order valence-corrected chi connectivity index (χ1v) is 12.5. The summed E-state index contributed by atoms with van der Waals surface area (Å²) in [6, 6.07) is 0. The van der Waals surface area contributed by atoms with E-state index in [2.05, 4.69) is 15.3 Å². The SMILES string of the molecule is CC(C)(C)OC(=O)N[C@](N)(CCCCNC(=O)c1nc(-c2nccs2)sc1C1CC1)C(F)(F)F. The number of hydrogen-bond donors (Lipinski definition) is 3. The van der Waals surface area contributed by atoms with Gasteiger partial charge in [0.2, 0.25) is 0 Å². The lowest BCUT2D eigenvalue weighted by atomic mass is 10.0. The van der Waals surface area contributed by atoms with Gasteiger partial charge in [-0.3, -0.25) is 10.1 Å². The van der Waals surface area contributed by atoms with Crippen LogP contribution in [0.3, 0.4) is 0 Å². The number of rotatable bonds is 9. The zero-order chi connectivity index (χ0) is 25.1. The Morgan fingerprint density at radius 2 is 1.91 bits per heavy atom. The van der Waals surface area contributed by atoms with Crippen molar-refractivity contribution in [2.45, 2.75) is 76.2 Å². The van der Waals surface area contributed by atoms with E-state index < -0.39 is 30.0 Å². The highest BCUT2D eigenvalue weighted by molar-refractivity contribution is 7.20. The number of halogens is 3. The van der Waals surface area contributed by atoms with Gasteiger partial charge in [-0.1, -0.05) is 0 Å². The standard InChI is InChI=1S/C21H28F3N5O3S2/c1-19(2,3)32-18(31)29-20(25,21(22,23)24)8-4-5-9-26-15(30)13-14(12-6-7-12)34-17(28-13)16-27-10-11-33-16/h10-12H,4-9,25H2,1-3H3,(H,26,30)(H,29,31)/t20-/m1/s1. The number of nitrogens with one attached hydrogen (secondary N) is 2. The lowest BCUT2D eigenvalue weighted by Gasteiger charge is -2.33. The van der Waals surface area contributed by atoms with Gasteiger partial charge in [-0.05, 0) is 58.8 Å². The Balaban J connectivity index is 1.53. The molecule has 8 nitrogen and oxygen atoms in total. The summed E-state index contributed by atoms with van der Waals surface area (Å²) in [7, 11) is 0. The van der Waals surface area contributed by atoms with Crippen molar-refractivity contribution in [3.8, 4) is 10.0 Å². The number of ether oxygens (including phenoxy) is 1. The van der Waals surface area contributed by atoms with Gasteiger partial charge >= 0.3 is 12.3 Å². The molecule has 34 heavy (non-hydrogen) atoms. The number of thiazole rings is 2. The summed E-state index contributed by atoms with van der Waals surface area (Å²) in [5, 5.41) is 7.75. The highest BCUT2D eigenvalue weighted by Crippen LogP contribution is 2.46. The quantitative estimate of drug-likeness (QED) is 0.324. The summed E-state index contributed by atoms with van der Waals surface area (Å²) in [6.45, 7) is 4.77. The molecule has 1 aliphatic rings. The third-order valence-electron chi connectivity index (χ3n) is 4.95. The van der Waals surface area contributed by atoms with Crippen molar-refractivity contribution >= 4 is 34.7 Å². The number of unbranched alkanes of at least 4 members (excludes halogenated alkanes) is 1. The largest absolute Gasteiger partial charge is 0.444 e. The summed E-state index contributed by atoms with van der Waals surface area (Å²) in [5.41, 5.74) is 1.96. The predicted octanol–water partition coefficient (Wildman–Crippen LogP) is 4.79. The summed E-state index contributed by atoms with van der Waals surface area (Å²) < 4.78 is 45.5. The van der Waals surface area contributed by atoms with Crippen LogP contribution in [0.1, 0.15) is 74.2 Å². The van der Waals surface area contributed by atoms with Crippen LogP contribution in [0, 0.1) is 0 Å². The molecule has 2 aromatic rings. The molecule has 2 aromatic heterocycles. The lowest BCUT2D eigenvalue weighted by molar-refractivity contribution is -0.196. The summed E-state index contributed by atoms with van der Waals surface area (Å²) in [6.07, 6.45) is -2.76. The Morgan fingerprint density at radius 1 is 1.21 bits per heavy atom. The lowest BCUT2D eigenvalue weighted by Crippen LogP contribution is -2.65. The Bertz CT molecular complexity index is 1000. The molecule has 0 aliphatic heterocycles. The van der Waals surface area contributed by atoms with Crippen LogP contribution in [0.15, 0.2) is 11.6 Å².